The highest BCUT2D eigenvalue weighted by Gasteiger charge is 2.46. The molecule has 5 heteroatoms. The number of likely N-dealkylation sites (tertiary alicyclic amines) is 2. The van der Waals surface area contributed by atoms with Gasteiger partial charge in [0.1, 0.15) is 6.54 Å². The lowest BCUT2D eigenvalue weighted by Gasteiger charge is -2.38. The van der Waals surface area contributed by atoms with Gasteiger partial charge in [0.05, 0.1) is 0 Å². The maximum absolute atomic E-state index is 12.4. The lowest BCUT2D eigenvalue weighted by molar-refractivity contribution is -0.137. The molecule has 0 unspecified atom stereocenters. The average molecular weight is 323 g/mol. The van der Waals surface area contributed by atoms with Crippen LogP contribution >= 0.6 is 0 Å². The number of nitrogens with zero attached hydrogens (tertiary/aromatic N) is 2. The summed E-state index contributed by atoms with van der Waals surface area (Å²) in [5.74, 6) is 0.124. The maximum atomic E-state index is 12.4. The molecule has 2 atom stereocenters. The van der Waals surface area contributed by atoms with Gasteiger partial charge in [-0.3, -0.25) is 9.59 Å². The van der Waals surface area contributed by atoms with Crippen LogP contribution < -0.4 is 5.32 Å². The molecule has 2 saturated heterocycles. The summed E-state index contributed by atoms with van der Waals surface area (Å²) < 4.78 is 0. The van der Waals surface area contributed by atoms with Crippen LogP contribution in [0.1, 0.15) is 66.2 Å². The zero-order valence-electron chi connectivity index (χ0n) is 15.2. The van der Waals surface area contributed by atoms with E-state index in [9.17, 15) is 9.59 Å². The molecule has 0 aliphatic carbocycles. The van der Waals surface area contributed by atoms with Gasteiger partial charge in [-0.05, 0) is 59.4 Å². The largest absolute Gasteiger partial charge is 0.352 e. The van der Waals surface area contributed by atoms with Gasteiger partial charge in [0, 0.05) is 30.6 Å². The number of rotatable bonds is 5. The van der Waals surface area contributed by atoms with E-state index >= 15 is 0 Å². The zero-order valence-corrected chi connectivity index (χ0v) is 15.2. The molecular formula is C18H33N3O2. The second-order valence-corrected chi connectivity index (χ2v) is 7.57. The van der Waals surface area contributed by atoms with Crippen molar-refractivity contribution in [3.63, 3.8) is 0 Å². The van der Waals surface area contributed by atoms with Gasteiger partial charge in [0.25, 0.3) is 0 Å². The normalized spacial score (nSPS) is 27.5. The minimum absolute atomic E-state index is 0.0299. The van der Waals surface area contributed by atoms with Crippen LogP contribution in [-0.4, -0.2) is 58.9 Å². The van der Waals surface area contributed by atoms with Crippen LogP contribution in [0, 0.1) is 0 Å². The topological polar surface area (TPSA) is 52.7 Å². The van der Waals surface area contributed by atoms with E-state index in [1.807, 2.05) is 18.7 Å². The first-order chi connectivity index (χ1) is 10.9. The number of hydrogen-bond donors (Lipinski definition) is 1. The number of hydrogen-bond acceptors (Lipinski definition) is 3. The fraction of sp³-hybridized carbons (Fsp3) is 0.889. The lowest BCUT2D eigenvalue weighted by Crippen LogP contribution is -2.51. The molecule has 2 rings (SSSR count). The van der Waals surface area contributed by atoms with Crippen molar-refractivity contribution in [3.8, 4) is 0 Å². The Bertz CT molecular complexity index is 438. The van der Waals surface area contributed by atoms with E-state index in [0.717, 1.165) is 45.2 Å². The first-order valence-electron chi connectivity index (χ1n) is 9.22. The molecule has 0 aromatic carbocycles. The second-order valence-electron chi connectivity index (χ2n) is 7.57. The van der Waals surface area contributed by atoms with E-state index < -0.39 is 0 Å². The number of carbonyl (C=O) groups excluding carboxylic acids is 2. The minimum Gasteiger partial charge on any atom is -0.352 e. The fourth-order valence-electron chi connectivity index (χ4n) is 4.06. The first kappa shape index (κ1) is 18.2. The van der Waals surface area contributed by atoms with Gasteiger partial charge in [-0.1, -0.05) is 6.92 Å². The smallest absolute Gasteiger partial charge is 0.239 e. The molecule has 1 spiro atoms. The van der Waals surface area contributed by atoms with Crippen molar-refractivity contribution in [2.45, 2.75) is 83.8 Å². The van der Waals surface area contributed by atoms with E-state index in [0.29, 0.717) is 12.5 Å². The molecule has 2 heterocycles. The van der Waals surface area contributed by atoms with Crippen molar-refractivity contribution in [1.29, 1.82) is 0 Å². The Balaban J connectivity index is 2.06. The van der Waals surface area contributed by atoms with E-state index in [-0.39, 0.29) is 29.9 Å². The van der Waals surface area contributed by atoms with E-state index in [4.69, 9.17) is 0 Å². The van der Waals surface area contributed by atoms with E-state index in [2.05, 4.69) is 24.1 Å². The van der Waals surface area contributed by atoms with Crippen molar-refractivity contribution in [3.05, 3.63) is 0 Å². The zero-order chi connectivity index (χ0) is 17.0. The van der Waals surface area contributed by atoms with E-state index in [1.54, 1.807) is 0 Å². The monoisotopic (exact) mass is 323 g/mol. The molecule has 2 aliphatic heterocycles. The third-order valence-electron chi connectivity index (χ3n) is 5.60. The summed E-state index contributed by atoms with van der Waals surface area (Å²) in [5, 5.41) is 2.92. The molecule has 23 heavy (non-hydrogen) atoms. The van der Waals surface area contributed by atoms with Crippen molar-refractivity contribution in [2.75, 3.05) is 19.6 Å². The fourth-order valence-corrected chi connectivity index (χ4v) is 4.06. The van der Waals surface area contributed by atoms with Gasteiger partial charge >= 0.3 is 0 Å². The Kier molecular flexibility index (Phi) is 6.06. The molecule has 0 bridgehead atoms. The van der Waals surface area contributed by atoms with Crippen molar-refractivity contribution < 1.29 is 9.59 Å². The number of carbonyl (C=O) groups is 2. The average Bonchev–Trinajstić information content (AvgIpc) is 2.68. The van der Waals surface area contributed by atoms with Gasteiger partial charge in [-0.25, -0.2) is 0 Å². The van der Waals surface area contributed by atoms with Gasteiger partial charge in [0.2, 0.25) is 11.8 Å². The van der Waals surface area contributed by atoms with Gasteiger partial charge in [0.15, 0.2) is 0 Å². The highest BCUT2D eigenvalue weighted by Crippen LogP contribution is 2.39. The van der Waals surface area contributed by atoms with E-state index in [1.165, 1.54) is 0 Å². The highest BCUT2D eigenvalue weighted by molar-refractivity contribution is 5.87. The number of amides is 2. The summed E-state index contributed by atoms with van der Waals surface area (Å²) in [5.41, 5.74) is -0.0897. The maximum Gasteiger partial charge on any atom is 0.239 e. The molecule has 2 amide bonds. The standard InChI is InChI=1S/C18H33N3O2/c1-5-15(4)20-11-6-8-18(10-12-20)9-7-17(23)21(18)13-16(22)19-14(2)3/h14-15H,5-13H2,1-4H3,(H,19,22)/t15-,18-/m0/s1. The van der Waals surface area contributed by atoms with Gasteiger partial charge in [-0.15, -0.1) is 0 Å². The molecule has 1 N–H and O–H groups in total. The van der Waals surface area contributed by atoms with Crippen LogP contribution in [-0.2, 0) is 9.59 Å². The second kappa shape index (κ2) is 7.65. The molecule has 0 radical (unpaired) electrons. The summed E-state index contributed by atoms with van der Waals surface area (Å²) >= 11 is 0. The van der Waals surface area contributed by atoms with Gasteiger partial charge in [-0.2, -0.15) is 0 Å². The van der Waals surface area contributed by atoms with Crippen molar-refractivity contribution in [1.82, 2.24) is 15.1 Å². The predicted octanol–water partition coefficient (Wildman–Crippen LogP) is 2.16. The Morgan fingerprint density at radius 1 is 1.22 bits per heavy atom. The molecule has 2 aliphatic rings. The summed E-state index contributed by atoms with van der Waals surface area (Å²) in [6.45, 7) is 10.8. The van der Waals surface area contributed by atoms with Crippen LogP contribution in [0.25, 0.3) is 0 Å². The van der Waals surface area contributed by atoms with Crippen molar-refractivity contribution >= 4 is 11.8 Å². The summed E-state index contributed by atoms with van der Waals surface area (Å²) in [4.78, 5) is 29.0. The van der Waals surface area contributed by atoms with Crippen LogP contribution in [0.15, 0.2) is 0 Å². The predicted molar refractivity (Wildman–Crippen MR) is 92.1 cm³/mol. The molecule has 0 saturated carbocycles. The summed E-state index contributed by atoms with van der Waals surface area (Å²) in [7, 11) is 0. The Hall–Kier alpha value is -1.10. The molecule has 2 fully saturated rings. The highest BCUT2D eigenvalue weighted by atomic mass is 16.2. The third-order valence-corrected chi connectivity index (χ3v) is 5.60. The number of nitrogens with one attached hydrogen (secondary N) is 1. The van der Waals surface area contributed by atoms with Crippen LogP contribution in [0.3, 0.4) is 0 Å². The minimum atomic E-state index is -0.0897. The third kappa shape index (κ3) is 4.25. The quantitative estimate of drug-likeness (QED) is 0.843. The Morgan fingerprint density at radius 2 is 1.96 bits per heavy atom. The lowest BCUT2D eigenvalue weighted by atomic mass is 9.87. The first-order valence-corrected chi connectivity index (χ1v) is 9.22. The Labute approximate surface area is 140 Å². The molecular weight excluding hydrogens is 290 g/mol. The summed E-state index contributed by atoms with van der Waals surface area (Å²) in [6.07, 6.45) is 5.80. The molecule has 5 nitrogen and oxygen atoms in total. The summed E-state index contributed by atoms with van der Waals surface area (Å²) in [6, 6.07) is 0.714. The molecule has 0 aromatic rings. The Morgan fingerprint density at radius 3 is 2.61 bits per heavy atom. The van der Waals surface area contributed by atoms with Crippen molar-refractivity contribution in [2.24, 2.45) is 0 Å². The molecule has 0 aromatic heterocycles. The van der Waals surface area contributed by atoms with Crippen LogP contribution in [0.4, 0.5) is 0 Å². The van der Waals surface area contributed by atoms with Crippen LogP contribution in [0.5, 0.6) is 0 Å². The van der Waals surface area contributed by atoms with Gasteiger partial charge < -0.3 is 15.1 Å². The van der Waals surface area contributed by atoms with Crippen LogP contribution in [0.2, 0.25) is 0 Å². The SMILES string of the molecule is CC[C@H](C)N1CCC[C@]2(CCC(=O)N2CC(=O)NC(C)C)CC1. The molecule has 132 valence electrons.